The molecule has 2 fully saturated rings. The maximum atomic E-state index is 12.1. The van der Waals surface area contributed by atoms with Crippen LogP contribution in [0.4, 0.5) is 0 Å². The number of ether oxygens (including phenoxy) is 1. The molecule has 1 aliphatic heterocycles. The predicted molar refractivity (Wildman–Crippen MR) is 66.9 cm³/mol. The Morgan fingerprint density at radius 3 is 2.89 bits per heavy atom. The summed E-state index contributed by atoms with van der Waals surface area (Å²) in [4.78, 5) is 25.3. The molecule has 0 bridgehead atoms. The molecule has 1 saturated heterocycles. The van der Waals surface area contributed by atoms with Gasteiger partial charge in [-0.1, -0.05) is 0 Å². The van der Waals surface area contributed by atoms with Crippen molar-refractivity contribution in [2.45, 2.75) is 45.3 Å². The lowest BCUT2D eigenvalue weighted by atomic mass is 9.79. The van der Waals surface area contributed by atoms with E-state index in [-0.39, 0.29) is 17.9 Å². The van der Waals surface area contributed by atoms with E-state index < -0.39 is 0 Å². The molecule has 0 spiro atoms. The minimum Gasteiger partial charge on any atom is -0.378 e. The minimum absolute atomic E-state index is 0.0459. The van der Waals surface area contributed by atoms with Crippen LogP contribution in [0.25, 0.3) is 0 Å². The number of piperazine rings is 1. The average Bonchev–Trinajstić information content (AvgIpc) is 2.30. The van der Waals surface area contributed by atoms with Crippen molar-refractivity contribution >= 4 is 11.8 Å². The first-order chi connectivity index (χ1) is 8.61. The van der Waals surface area contributed by atoms with Gasteiger partial charge in [-0.05, 0) is 32.6 Å². The van der Waals surface area contributed by atoms with Crippen LogP contribution in [0, 0.1) is 5.92 Å². The molecule has 2 rings (SSSR count). The van der Waals surface area contributed by atoms with Crippen LogP contribution in [-0.2, 0) is 14.3 Å². The molecule has 1 atom stereocenters. The quantitative estimate of drug-likeness (QED) is 0.796. The van der Waals surface area contributed by atoms with Crippen LogP contribution in [0.2, 0.25) is 0 Å². The standard InChI is InChI=1S/C13H22N2O3/c1-3-18-11-6-10(7-11)8-12(16)15-5-4-14-13(17)9(15)2/h9-11H,3-8H2,1-2H3,(H,14,17). The lowest BCUT2D eigenvalue weighted by Crippen LogP contribution is -2.56. The number of amides is 2. The van der Waals surface area contributed by atoms with Crippen molar-refractivity contribution in [3.05, 3.63) is 0 Å². The first kappa shape index (κ1) is 13.3. The molecule has 2 aliphatic rings. The van der Waals surface area contributed by atoms with Gasteiger partial charge in [0.05, 0.1) is 6.10 Å². The summed E-state index contributed by atoms with van der Waals surface area (Å²) < 4.78 is 5.48. The van der Waals surface area contributed by atoms with Gasteiger partial charge >= 0.3 is 0 Å². The smallest absolute Gasteiger partial charge is 0.242 e. The molecule has 5 heteroatoms. The molecule has 5 nitrogen and oxygen atoms in total. The average molecular weight is 254 g/mol. The maximum absolute atomic E-state index is 12.1. The van der Waals surface area contributed by atoms with E-state index in [1.54, 1.807) is 11.8 Å². The van der Waals surface area contributed by atoms with Gasteiger partial charge in [-0.15, -0.1) is 0 Å². The number of nitrogens with zero attached hydrogens (tertiary/aromatic N) is 1. The molecule has 2 amide bonds. The van der Waals surface area contributed by atoms with E-state index >= 15 is 0 Å². The van der Waals surface area contributed by atoms with Gasteiger partial charge in [0, 0.05) is 26.1 Å². The van der Waals surface area contributed by atoms with E-state index in [0.717, 1.165) is 19.4 Å². The topological polar surface area (TPSA) is 58.6 Å². The Morgan fingerprint density at radius 1 is 1.50 bits per heavy atom. The van der Waals surface area contributed by atoms with Crippen molar-refractivity contribution in [3.8, 4) is 0 Å². The van der Waals surface area contributed by atoms with Crippen LogP contribution in [0.15, 0.2) is 0 Å². The van der Waals surface area contributed by atoms with Crippen LogP contribution in [0.5, 0.6) is 0 Å². The fourth-order valence-corrected chi connectivity index (χ4v) is 2.70. The highest BCUT2D eigenvalue weighted by molar-refractivity contribution is 5.88. The molecule has 18 heavy (non-hydrogen) atoms. The normalized spacial score (nSPS) is 31.8. The van der Waals surface area contributed by atoms with Crippen LogP contribution in [0.3, 0.4) is 0 Å². The van der Waals surface area contributed by atoms with Gasteiger partial charge in [-0.3, -0.25) is 9.59 Å². The van der Waals surface area contributed by atoms with Crippen LogP contribution < -0.4 is 5.32 Å². The lowest BCUT2D eigenvalue weighted by Gasteiger charge is -2.38. The number of hydrogen-bond donors (Lipinski definition) is 1. The van der Waals surface area contributed by atoms with Crippen molar-refractivity contribution < 1.29 is 14.3 Å². The predicted octanol–water partition coefficient (Wildman–Crippen LogP) is 0.539. The minimum atomic E-state index is -0.325. The summed E-state index contributed by atoms with van der Waals surface area (Å²) in [5.74, 6) is 0.499. The van der Waals surface area contributed by atoms with Crippen molar-refractivity contribution in [1.29, 1.82) is 0 Å². The molecule has 1 heterocycles. The molecule has 102 valence electrons. The van der Waals surface area contributed by atoms with Crippen LogP contribution >= 0.6 is 0 Å². The Labute approximate surface area is 108 Å². The summed E-state index contributed by atoms with van der Waals surface area (Å²) in [6.07, 6.45) is 2.86. The second-order valence-electron chi connectivity index (χ2n) is 5.17. The Bertz CT molecular complexity index is 326. The molecular weight excluding hydrogens is 232 g/mol. The van der Waals surface area contributed by atoms with Crippen LogP contribution in [-0.4, -0.2) is 48.6 Å². The molecule has 0 aromatic rings. The molecular formula is C13H22N2O3. The third-order valence-corrected chi connectivity index (χ3v) is 3.88. The maximum Gasteiger partial charge on any atom is 0.242 e. The molecule has 0 aromatic carbocycles. The van der Waals surface area contributed by atoms with E-state index in [2.05, 4.69) is 5.32 Å². The van der Waals surface area contributed by atoms with Gasteiger partial charge in [-0.2, -0.15) is 0 Å². The zero-order chi connectivity index (χ0) is 13.1. The molecule has 1 N–H and O–H groups in total. The third-order valence-electron chi connectivity index (χ3n) is 3.88. The molecule has 1 unspecified atom stereocenters. The summed E-state index contributed by atoms with van der Waals surface area (Å²) in [5, 5.41) is 2.77. The number of carbonyl (C=O) groups excluding carboxylic acids is 2. The van der Waals surface area contributed by atoms with Gasteiger partial charge in [0.25, 0.3) is 0 Å². The number of rotatable bonds is 4. The fraction of sp³-hybridized carbons (Fsp3) is 0.846. The van der Waals surface area contributed by atoms with Crippen molar-refractivity contribution in [3.63, 3.8) is 0 Å². The highest BCUT2D eigenvalue weighted by Gasteiger charge is 2.35. The Hall–Kier alpha value is -1.10. The summed E-state index contributed by atoms with van der Waals surface area (Å²) in [6, 6.07) is -0.325. The van der Waals surface area contributed by atoms with E-state index in [0.29, 0.717) is 31.5 Å². The van der Waals surface area contributed by atoms with Crippen molar-refractivity contribution in [1.82, 2.24) is 10.2 Å². The van der Waals surface area contributed by atoms with Gasteiger partial charge in [0.15, 0.2) is 0 Å². The highest BCUT2D eigenvalue weighted by Crippen LogP contribution is 2.33. The van der Waals surface area contributed by atoms with E-state index in [9.17, 15) is 9.59 Å². The summed E-state index contributed by atoms with van der Waals surface area (Å²) in [7, 11) is 0. The fourth-order valence-electron chi connectivity index (χ4n) is 2.70. The van der Waals surface area contributed by atoms with Crippen LogP contribution in [0.1, 0.15) is 33.1 Å². The van der Waals surface area contributed by atoms with E-state index in [1.807, 2.05) is 6.92 Å². The molecule has 1 aliphatic carbocycles. The van der Waals surface area contributed by atoms with Gasteiger partial charge in [-0.25, -0.2) is 0 Å². The third kappa shape index (κ3) is 2.83. The first-order valence-corrected chi connectivity index (χ1v) is 6.80. The number of hydrogen-bond acceptors (Lipinski definition) is 3. The Kier molecular flexibility index (Phi) is 4.22. The molecule has 1 saturated carbocycles. The van der Waals surface area contributed by atoms with Gasteiger partial charge < -0.3 is 15.0 Å². The first-order valence-electron chi connectivity index (χ1n) is 6.80. The Morgan fingerprint density at radius 2 is 2.22 bits per heavy atom. The second kappa shape index (κ2) is 5.69. The number of nitrogens with one attached hydrogen (secondary N) is 1. The highest BCUT2D eigenvalue weighted by atomic mass is 16.5. The summed E-state index contributed by atoms with van der Waals surface area (Å²) >= 11 is 0. The van der Waals surface area contributed by atoms with E-state index in [1.165, 1.54) is 0 Å². The number of carbonyl (C=O) groups is 2. The van der Waals surface area contributed by atoms with Gasteiger partial charge in [0.2, 0.25) is 11.8 Å². The summed E-state index contributed by atoms with van der Waals surface area (Å²) in [6.45, 7) is 5.73. The second-order valence-corrected chi connectivity index (χ2v) is 5.17. The van der Waals surface area contributed by atoms with E-state index in [4.69, 9.17) is 4.74 Å². The molecule has 0 aromatic heterocycles. The van der Waals surface area contributed by atoms with Crippen molar-refractivity contribution in [2.75, 3.05) is 19.7 Å². The zero-order valence-electron chi connectivity index (χ0n) is 11.1. The van der Waals surface area contributed by atoms with Crippen molar-refractivity contribution in [2.24, 2.45) is 5.92 Å². The monoisotopic (exact) mass is 254 g/mol. The summed E-state index contributed by atoms with van der Waals surface area (Å²) in [5.41, 5.74) is 0. The Balaban J connectivity index is 1.77. The SMILES string of the molecule is CCOC1CC(CC(=O)N2CCNC(=O)C2C)C1. The molecule has 0 radical (unpaired) electrons. The zero-order valence-corrected chi connectivity index (χ0v) is 11.1. The largest absolute Gasteiger partial charge is 0.378 e. The van der Waals surface area contributed by atoms with Gasteiger partial charge in [0.1, 0.15) is 6.04 Å². The lowest BCUT2D eigenvalue weighted by molar-refractivity contribution is -0.144.